The molecule has 1 heterocycles. The predicted molar refractivity (Wildman–Crippen MR) is 81.8 cm³/mol. The van der Waals surface area contributed by atoms with E-state index in [0.717, 1.165) is 29.9 Å². The molecule has 1 unspecified atom stereocenters. The van der Waals surface area contributed by atoms with Crippen molar-refractivity contribution in [2.45, 2.75) is 37.6 Å². The van der Waals surface area contributed by atoms with Gasteiger partial charge in [-0.1, -0.05) is 12.1 Å². The zero-order valence-electron chi connectivity index (χ0n) is 12.1. The van der Waals surface area contributed by atoms with Crippen molar-refractivity contribution in [2.75, 3.05) is 5.73 Å². The van der Waals surface area contributed by atoms with Crippen LogP contribution < -0.4 is 11.1 Å². The van der Waals surface area contributed by atoms with Crippen LogP contribution >= 0.6 is 0 Å². The molecule has 1 aromatic carbocycles. The van der Waals surface area contributed by atoms with Crippen molar-refractivity contribution in [2.24, 2.45) is 0 Å². The number of nitrogens with two attached hydrogens (primary N) is 1. The first-order chi connectivity index (χ1) is 10.1. The van der Waals surface area contributed by atoms with Gasteiger partial charge in [-0.3, -0.25) is 4.79 Å². The number of furan rings is 1. The minimum Gasteiger partial charge on any atom is -0.469 e. The molecule has 2 aromatic rings. The SMILES string of the molecule is CC(Cc1ccco1)NC(=O)C1(c2ccc(N)cc2)CC1. The van der Waals surface area contributed by atoms with Crippen molar-refractivity contribution in [3.8, 4) is 0 Å². The molecule has 1 fully saturated rings. The molecule has 3 rings (SSSR count). The first-order valence-corrected chi connectivity index (χ1v) is 7.29. The molecule has 1 aromatic heterocycles. The Morgan fingerprint density at radius 2 is 2.05 bits per heavy atom. The van der Waals surface area contributed by atoms with Gasteiger partial charge in [0, 0.05) is 18.2 Å². The molecular weight excluding hydrogens is 264 g/mol. The average molecular weight is 284 g/mol. The normalized spacial score (nSPS) is 17.2. The van der Waals surface area contributed by atoms with Gasteiger partial charge in [-0.2, -0.15) is 0 Å². The van der Waals surface area contributed by atoms with Crippen LogP contribution in [0.3, 0.4) is 0 Å². The van der Waals surface area contributed by atoms with Crippen molar-refractivity contribution in [3.63, 3.8) is 0 Å². The largest absolute Gasteiger partial charge is 0.469 e. The van der Waals surface area contributed by atoms with Crippen molar-refractivity contribution in [3.05, 3.63) is 54.0 Å². The maximum atomic E-state index is 12.6. The van der Waals surface area contributed by atoms with E-state index in [2.05, 4.69) is 5.32 Å². The van der Waals surface area contributed by atoms with Crippen LogP contribution in [0.4, 0.5) is 5.69 Å². The average Bonchev–Trinajstić information content (AvgIpc) is 3.12. The third-order valence-electron chi connectivity index (χ3n) is 4.11. The van der Waals surface area contributed by atoms with Gasteiger partial charge in [0.05, 0.1) is 11.7 Å². The number of carbonyl (C=O) groups excluding carboxylic acids is 1. The van der Waals surface area contributed by atoms with Gasteiger partial charge in [-0.15, -0.1) is 0 Å². The highest BCUT2D eigenvalue weighted by Gasteiger charge is 2.51. The van der Waals surface area contributed by atoms with E-state index in [1.807, 2.05) is 43.3 Å². The number of rotatable bonds is 5. The number of amides is 1. The van der Waals surface area contributed by atoms with Gasteiger partial charge in [0.15, 0.2) is 0 Å². The smallest absolute Gasteiger partial charge is 0.230 e. The second-order valence-corrected chi connectivity index (χ2v) is 5.86. The zero-order valence-corrected chi connectivity index (χ0v) is 12.1. The van der Waals surface area contributed by atoms with Gasteiger partial charge in [0.1, 0.15) is 5.76 Å². The third kappa shape index (κ3) is 2.79. The fraction of sp³-hybridized carbons (Fsp3) is 0.353. The molecule has 3 N–H and O–H groups in total. The monoisotopic (exact) mass is 284 g/mol. The molecule has 1 aliphatic carbocycles. The van der Waals surface area contributed by atoms with Gasteiger partial charge in [0.2, 0.25) is 5.91 Å². The fourth-order valence-electron chi connectivity index (χ4n) is 2.72. The molecular formula is C17H20N2O2. The summed E-state index contributed by atoms with van der Waals surface area (Å²) in [6.45, 7) is 2.00. The highest BCUT2D eigenvalue weighted by atomic mass is 16.3. The lowest BCUT2D eigenvalue weighted by atomic mass is 9.94. The number of nitrogens with one attached hydrogen (secondary N) is 1. The Morgan fingerprint density at radius 3 is 2.62 bits per heavy atom. The molecule has 0 aliphatic heterocycles. The van der Waals surface area contributed by atoms with E-state index in [4.69, 9.17) is 10.2 Å². The molecule has 110 valence electrons. The van der Waals surface area contributed by atoms with Gasteiger partial charge < -0.3 is 15.5 Å². The lowest BCUT2D eigenvalue weighted by Crippen LogP contribution is -2.41. The molecule has 1 atom stereocenters. The number of hydrogen-bond acceptors (Lipinski definition) is 3. The lowest BCUT2D eigenvalue weighted by Gasteiger charge is -2.19. The topological polar surface area (TPSA) is 68.3 Å². The van der Waals surface area contributed by atoms with Gasteiger partial charge >= 0.3 is 0 Å². The van der Waals surface area contributed by atoms with Crippen molar-refractivity contribution in [1.82, 2.24) is 5.32 Å². The summed E-state index contributed by atoms with van der Waals surface area (Å²) in [5.41, 5.74) is 7.13. The van der Waals surface area contributed by atoms with E-state index in [-0.39, 0.29) is 17.4 Å². The van der Waals surface area contributed by atoms with Crippen LogP contribution in [0.5, 0.6) is 0 Å². The molecule has 4 nitrogen and oxygen atoms in total. The van der Waals surface area contributed by atoms with Crippen LogP contribution in [-0.2, 0) is 16.6 Å². The van der Waals surface area contributed by atoms with E-state index in [1.165, 1.54) is 0 Å². The number of carbonyl (C=O) groups is 1. The van der Waals surface area contributed by atoms with Crippen LogP contribution in [0.25, 0.3) is 0 Å². The Morgan fingerprint density at radius 1 is 1.33 bits per heavy atom. The summed E-state index contributed by atoms with van der Waals surface area (Å²) in [4.78, 5) is 12.6. The Bertz CT molecular complexity index is 613. The summed E-state index contributed by atoms with van der Waals surface area (Å²) >= 11 is 0. The molecule has 1 aliphatic rings. The Kier molecular flexibility index (Phi) is 3.45. The predicted octanol–water partition coefficient (Wildman–Crippen LogP) is 2.64. The number of hydrogen-bond donors (Lipinski definition) is 2. The van der Waals surface area contributed by atoms with Crippen molar-refractivity contribution >= 4 is 11.6 Å². The van der Waals surface area contributed by atoms with Crippen LogP contribution in [0.2, 0.25) is 0 Å². The minimum absolute atomic E-state index is 0.0508. The highest BCUT2D eigenvalue weighted by Crippen LogP contribution is 2.48. The minimum atomic E-state index is -0.356. The van der Waals surface area contributed by atoms with Crippen molar-refractivity contribution < 1.29 is 9.21 Å². The standard InChI is InChI=1S/C17H20N2O2/c1-12(11-15-3-2-10-21-15)19-16(20)17(8-9-17)13-4-6-14(18)7-5-13/h2-7,10,12H,8-9,11,18H2,1H3,(H,19,20). The quantitative estimate of drug-likeness (QED) is 0.829. The summed E-state index contributed by atoms with van der Waals surface area (Å²) < 4.78 is 5.32. The summed E-state index contributed by atoms with van der Waals surface area (Å²) in [7, 11) is 0. The summed E-state index contributed by atoms with van der Waals surface area (Å²) in [5, 5.41) is 3.10. The number of nitrogen functional groups attached to an aromatic ring is 1. The van der Waals surface area contributed by atoms with E-state index in [0.29, 0.717) is 6.42 Å². The summed E-state index contributed by atoms with van der Waals surface area (Å²) in [5.74, 6) is 0.992. The first kappa shape index (κ1) is 13.7. The second kappa shape index (κ2) is 5.28. The van der Waals surface area contributed by atoms with Gasteiger partial charge in [-0.25, -0.2) is 0 Å². The summed E-state index contributed by atoms with van der Waals surface area (Å²) in [6.07, 6.45) is 4.16. The first-order valence-electron chi connectivity index (χ1n) is 7.29. The van der Waals surface area contributed by atoms with Crippen LogP contribution in [-0.4, -0.2) is 11.9 Å². The van der Waals surface area contributed by atoms with Gasteiger partial charge in [0.25, 0.3) is 0 Å². The molecule has 4 heteroatoms. The van der Waals surface area contributed by atoms with Crippen molar-refractivity contribution in [1.29, 1.82) is 0 Å². The summed E-state index contributed by atoms with van der Waals surface area (Å²) in [6, 6.07) is 11.5. The molecule has 0 spiro atoms. The second-order valence-electron chi connectivity index (χ2n) is 5.86. The van der Waals surface area contributed by atoms with Crippen LogP contribution in [0.1, 0.15) is 31.1 Å². The Balaban J connectivity index is 1.66. The molecule has 21 heavy (non-hydrogen) atoms. The molecule has 0 radical (unpaired) electrons. The molecule has 1 saturated carbocycles. The van der Waals surface area contributed by atoms with E-state index < -0.39 is 0 Å². The lowest BCUT2D eigenvalue weighted by molar-refractivity contribution is -0.124. The third-order valence-corrected chi connectivity index (χ3v) is 4.11. The Hall–Kier alpha value is -2.23. The van der Waals surface area contributed by atoms with Crippen LogP contribution in [0, 0.1) is 0 Å². The zero-order chi connectivity index (χ0) is 14.9. The number of benzene rings is 1. The van der Waals surface area contributed by atoms with Crippen LogP contribution in [0.15, 0.2) is 47.1 Å². The molecule has 1 amide bonds. The Labute approximate surface area is 124 Å². The molecule has 0 saturated heterocycles. The number of anilines is 1. The maximum Gasteiger partial charge on any atom is 0.230 e. The maximum absolute atomic E-state index is 12.6. The van der Waals surface area contributed by atoms with Gasteiger partial charge in [-0.05, 0) is 49.6 Å². The van der Waals surface area contributed by atoms with E-state index in [1.54, 1.807) is 6.26 Å². The molecule has 0 bridgehead atoms. The fourth-order valence-corrected chi connectivity index (χ4v) is 2.72. The van der Waals surface area contributed by atoms with E-state index in [9.17, 15) is 4.79 Å². The highest BCUT2D eigenvalue weighted by molar-refractivity contribution is 5.91. The van der Waals surface area contributed by atoms with E-state index >= 15 is 0 Å².